The molecule has 3 fully saturated rings. The molecule has 0 saturated carbocycles. The molecule has 0 aliphatic carbocycles. The molecule has 3 heterocycles. The van der Waals surface area contributed by atoms with E-state index >= 15 is 0 Å². The number of phenolic OH excluding ortho intramolecular Hbond substituents is 1. The van der Waals surface area contributed by atoms with Crippen LogP contribution in [0.1, 0.15) is 67.9 Å². The van der Waals surface area contributed by atoms with Gasteiger partial charge in [-0.25, -0.2) is 4.39 Å². The summed E-state index contributed by atoms with van der Waals surface area (Å²) in [6.07, 6.45) is -3.37. The molecule has 0 bridgehead atoms. The highest BCUT2D eigenvalue weighted by molar-refractivity contribution is 7.99. The number of halogens is 1. The summed E-state index contributed by atoms with van der Waals surface area (Å²) in [5, 5.41) is 60.6. The van der Waals surface area contributed by atoms with Crippen LogP contribution in [0.15, 0.2) is 95.9 Å². The molecule has 0 radical (unpaired) electrons. The number of thioether (sulfide) groups is 1. The fourth-order valence-corrected chi connectivity index (χ4v) is 8.27. The quantitative estimate of drug-likeness (QED) is 0.0738. The molecule has 306 valence electrons. The van der Waals surface area contributed by atoms with E-state index in [2.05, 4.69) is 0 Å². The number of aliphatic hydroxyl groups is 5. The van der Waals surface area contributed by atoms with E-state index in [0.29, 0.717) is 29.8 Å². The Morgan fingerprint density at radius 1 is 0.877 bits per heavy atom. The first-order valence-electron chi connectivity index (χ1n) is 19.4. The SMILES string of the molecule is CCC(O)c1ccc(C)cc1.O=C1CC(c2ccc(-c3ccc(SCC4CC(O)C(OC5CC(O)CC(CO)O5)C(CO)O4)cc3)cc2O)N1c1ccc(F)cc1. The van der Waals surface area contributed by atoms with Gasteiger partial charge in [0.1, 0.15) is 23.8 Å². The van der Waals surface area contributed by atoms with Crippen LogP contribution in [-0.4, -0.2) is 98.4 Å². The Balaban J connectivity index is 0.000000432. The molecule has 7 rings (SSSR count). The molecule has 57 heavy (non-hydrogen) atoms. The summed E-state index contributed by atoms with van der Waals surface area (Å²) in [6, 6.07) is 26.6. The predicted octanol–water partition coefficient (Wildman–Crippen LogP) is 5.96. The van der Waals surface area contributed by atoms with Crippen molar-refractivity contribution in [1.82, 2.24) is 0 Å². The maximum atomic E-state index is 13.4. The molecule has 4 aromatic carbocycles. The molecule has 11 nitrogen and oxygen atoms in total. The lowest BCUT2D eigenvalue weighted by atomic mass is 9.90. The van der Waals surface area contributed by atoms with Crippen LogP contribution in [0.2, 0.25) is 0 Å². The molecule has 3 aliphatic heterocycles. The first-order chi connectivity index (χ1) is 27.5. The van der Waals surface area contributed by atoms with Gasteiger partial charge in [0.25, 0.3) is 0 Å². The van der Waals surface area contributed by atoms with Crippen molar-refractivity contribution < 1.29 is 54.0 Å². The van der Waals surface area contributed by atoms with Gasteiger partial charge in [-0.1, -0.05) is 61.0 Å². The van der Waals surface area contributed by atoms with E-state index in [1.807, 2.05) is 74.5 Å². The summed E-state index contributed by atoms with van der Waals surface area (Å²) in [5.74, 6) is 0.138. The second kappa shape index (κ2) is 19.7. The van der Waals surface area contributed by atoms with Gasteiger partial charge in [0.05, 0.1) is 56.2 Å². The summed E-state index contributed by atoms with van der Waals surface area (Å²) in [4.78, 5) is 14.9. The maximum absolute atomic E-state index is 13.4. The fourth-order valence-electron chi connectivity index (χ4n) is 7.35. The van der Waals surface area contributed by atoms with Crippen LogP contribution in [0.25, 0.3) is 11.1 Å². The Morgan fingerprint density at radius 3 is 2.21 bits per heavy atom. The highest BCUT2D eigenvalue weighted by Gasteiger charge is 2.42. The highest BCUT2D eigenvalue weighted by atomic mass is 32.2. The highest BCUT2D eigenvalue weighted by Crippen LogP contribution is 2.43. The van der Waals surface area contributed by atoms with E-state index in [-0.39, 0.29) is 61.8 Å². The van der Waals surface area contributed by atoms with Crippen LogP contribution in [-0.2, 0) is 19.0 Å². The largest absolute Gasteiger partial charge is 0.508 e. The number of anilines is 1. The molecule has 0 aromatic heterocycles. The minimum absolute atomic E-state index is 0.0775. The van der Waals surface area contributed by atoms with E-state index in [1.165, 1.54) is 17.7 Å². The normalized spacial score (nSPS) is 26.6. The minimum Gasteiger partial charge on any atom is -0.508 e. The van der Waals surface area contributed by atoms with E-state index in [9.17, 15) is 39.8 Å². The number of amides is 1. The van der Waals surface area contributed by atoms with Gasteiger partial charge in [-0.3, -0.25) is 4.79 Å². The van der Waals surface area contributed by atoms with Crippen molar-refractivity contribution in [3.8, 4) is 16.9 Å². The van der Waals surface area contributed by atoms with Gasteiger partial charge in [0, 0.05) is 41.2 Å². The maximum Gasteiger partial charge on any atom is 0.230 e. The van der Waals surface area contributed by atoms with Crippen molar-refractivity contribution in [3.63, 3.8) is 0 Å². The number of phenols is 1. The van der Waals surface area contributed by atoms with Crippen molar-refractivity contribution in [2.75, 3.05) is 23.9 Å². The van der Waals surface area contributed by atoms with E-state index in [0.717, 1.165) is 28.0 Å². The number of aryl methyl sites for hydroxylation is 1. The van der Waals surface area contributed by atoms with E-state index in [1.54, 1.807) is 34.9 Å². The molecular formula is C44H52FNO10S. The Morgan fingerprint density at radius 2 is 1.58 bits per heavy atom. The van der Waals surface area contributed by atoms with Crippen LogP contribution in [0.3, 0.4) is 0 Å². The molecule has 3 aliphatic rings. The molecule has 1 amide bonds. The zero-order valence-corrected chi connectivity index (χ0v) is 32.9. The zero-order valence-electron chi connectivity index (χ0n) is 32.1. The summed E-state index contributed by atoms with van der Waals surface area (Å²) >= 11 is 1.55. The number of rotatable bonds is 12. The predicted molar refractivity (Wildman–Crippen MR) is 214 cm³/mol. The second-order valence-corrected chi connectivity index (χ2v) is 15.9. The van der Waals surface area contributed by atoms with Crippen molar-refractivity contribution in [1.29, 1.82) is 0 Å². The first-order valence-corrected chi connectivity index (χ1v) is 20.4. The number of aliphatic hydroxyl groups excluding tert-OH is 5. The lowest BCUT2D eigenvalue weighted by molar-refractivity contribution is -0.284. The van der Waals surface area contributed by atoms with Gasteiger partial charge >= 0.3 is 0 Å². The Kier molecular flexibility index (Phi) is 14.8. The molecule has 9 unspecified atom stereocenters. The van der Waals surface area contributed by atoms with Crippen LogP contribution < -0.4 is 4.90 Å². The third kappa shape index (κ3) is 10.8. The van der Waals surface area contributed by atoms with Crippen LogP contribution >= 0.6 is 11.8 Å². The van der Waals surface area contributed by atoms with E-state index in [4.69, 9.17) is 14.2 Å². The number of nitrogens with zero attached hydrogens (tertiary/aromatic N) is 1. The number of hydrogen-bond acceptors (Lipinski definition) is 11. The standard InChI is InChI=1S/C34H38FNO9S.C10H14O/c35-21-4-6-22(7-5-21)36-28(15-32(36)42)27-10-3-20(11-29(27)40)19-1-8-26(9-2-19)46-18-25-14-30(41)34(31(17-38)43-25)45-33-13-23(39)12-24(16-37)44-33;1-3-10(11)9-6-4-8(2)5-7-9/h1-11,23-25,28,30-31,33-34,37-41H,12-18H2;4-7,10-11H,3H2,1-2H3. The second-order valence-electron chi connectivity index (χ2n) is 14.8. The van der Waals surface area contributed by atoms with Crippen LogP contribution in [0, 0.1) is 12.7 Å². The average Bonchev–Trinajstić information content (AvgIpc) is 3.21. The number of benzene rings is 4. The smallest absolute Gasteiger partial charge is 0.230 e. The van der Waals surface area contributed by atoms with Gasteiger partial charge in [-0.2, -0.15) is 0 Å². The number of carbonyl (C=O) groups is 1. The topological polar surface area (TPSA) is 169 Å². The number of β-lactam (4-membered cyclic amide) rings is 1. The van der Waals surface area contributed by atoms with Gasteiger partial charge in [0.15, 0.2) is 6.29 Å². The lowest BCUT2D eigenvalue weighted by Crippen LogP contribution is -2.54. The number of ether oxygens (including phenoxy) is 3. The number of hydrogen-bond donors (Lipinski definition) is 6. The molecule has 4 aromatic rings. The fraction of sp³-hybridized carbons (Fsp3) is 0.432. The molecule has 3 saturated heterocycles. The summed E-state index contributed by atoms with van der Waals surface area (Å²) in [7, 11) is 0. The van der Waals surface area contributed by atoms with Crippen molar-refractivity contribution in [2.45, 2.75) is 106 Å². The van der Waals surface area contributed by atoms with Gasteiger partial charge in [-0.05, 0) is 72.5 Å². The lowest BCUT2D eigenvalue weighted by Gasteiger charge is -2.42. The average molecular weight is 806 g/mol. The zero-order chi connectivity index (χ0) is 40.6. The Bertz CT molecular complexity index is 1900. The van der Waals surface area contributed by atoms with Gasteiger partial charge in [0.2, 0.25) is 5.91 Å². The molecule has 6 N–H and O–H groups in total. The van der Waals surface area contributed by atoms with Crippen molar-refractivity contribution in [3.05, 3.63) is 114 Å². The summed E-state index contributed by atoms with van der Waals surface area (Å²) in [5.41, 5.74) is 5.16. The van der Waals surface area contributed by atoms with Crippen molar-refractivity contribution in [2.24, 2.45) is 0 Å². The molecule has 0 spiro atoms. The van der Waals surface area contributed by atoms with Crippen LogP contribution in [0.5, 0.6) is 5.75 Å². The van der Waals surface area contributed by atoms with Gasteiger partial charge in [-0.15, -0.1) is 11.8 Å². The summed E-state index contributed by atoms with van der Waals surface area (Å²) in [6.45, 7) is 3.41. The van der Waals surface area contributed by atoms with Gasteiger partial charge < -0.3 is 49.7 Å². The third-order valence-electron chi connectivity index (χ3n) is 10.6. The molecule has 13 heteroatoms. The molecular weight excluding hydrogens is 754 g/mol. The summed E-state index contributed by atoms with van der Waals surface area (Å²) < 4.78 is 31.0. The number of carbonyl (C=O) groups excluding carboxylic acids is 1. The minimum atomic E-state index is -0.911. The Hall–Kier alpha value is -3.89. The Labute approximate surface area is 336 Å². The van der Waals surface area contributed by atoms with E-state index < -0.39 is 36.8 Å². The monoisotopic (exact) mass is 805 g/mol. The molecule has 9 atom stereocenters. The first kappa shape index (κ1) is 42.7. The number of aromatic hydroxyl groups is 1. The third-order valence-corrected chi connectivity index (χ3v) is 11.7. The van der Waals surface area contributed by atoms with Crippen LogP contribution in [0.4, 0.5) is 10.1 Å². The van der Waals surface area contributed by atoms with Crippen molar-refractivity contribution >= 4 is 23.4 Å².